The van der Waals surface area contributed by atoms with Gasteiger partial charge in [-0.05, 0) is 95.9 Å². The molecule has 29 heteroatoms. The number of aliphatic hydroxyl groups is 2. The van der Waals surface area contributed by atoms with Gasteiger partial charge in [-0.1, -0.05) is 55.5 Å². The molecule has 4 aromatic heterocycles. The van der Waals surface area contributed by atoms with E-state index >= 15 is 0 Å². The van der Waals surface area contributed by atoms with Crippen molar-refractivity contribution >= 4 is 80.7 Å². The van der Waals surface area contributed by atoms with Crippen molar-refractivity contribution in [3.63, 3.8) is 0 Å². The summed E-state index contributed by atoms with van der Waals surface area (Å²) in [5, 5.41) is 52.0. The summed E-state index contributed by atoms with van der Waals surface area (Å²) in [5.74, 6) is -6.59. The fourth-order valence-corrected chi connectivity index (χ4v) is 10.8. The summed E-state index contributed by atoms with van der Waals surface area (Å²) in [6, 6.07) is 9.96. The number of carbonyl (C=O) groups excluding carboxylic acids is 7. The Labute approximate surface area is 512 Å². The van der Waals surface area contributed by atoms with Gasteiger partial charge >= 0.3 is 0 Å². The van der Waals surface area contributed by atoms with Crippen molar-refractivity contribution in [2.24, 2.45) is 28.9 Å². The molecule has 6 aromatic rings. The molecule has 0 unspecified atom stereocenters. The zero-order chi connectivity index (χ0) is 63.0. The molecule has 0 aliphatic carbocycles. The number of anilines is 1. The lowest BCUT2D eigenvalue weighted by atomic mass is 9.91. The molecule has 2 aromatic carbocycles. The largest absolute Gasteiger partial charge is 0.391 e. The molecule has 470 valence electrons. The van der Waals surface area contributed by atoms with Crippen molar-refractivity contribution in [1.29, 1.82) is 0 Å². The van der Waals surface area contributed by atoms with E-state index in [-0.39, 0.29) is 66.9 Å². The first-order chi connectivity index (χ1) is 41.7. The van der Waals surface area contributed by atoms with Crippen molar-refractivity contribution < 1.29 is 43.8 Å². The number of aromatic nitrogens is 5. The smallest absolute Gasteiger partial charge is 0.271 e. The number of primary amides is 2. The average molecular weight is 1240 g/mol. The van der Waals surface area contributed by atoms with Crippen LogP contribution in [0.25, 0.3) is 21.6 Å². The molecular weight excluding hydrogens is 1160 g/mol. The first-order valence-corrected chi connectivity index (χ1v) is 30.6. The monoisotopic (exact) mass is 1240 g/mol. The van der Waals surface area contributed by atoms with E-state index in [4.69, 9.17) is 28.7 Å². The number of aliphatic hydroxyl groups excluding tert-OH is 2. The predicted molar refractivity (Wildman–Crippen MR) is 333 cm³/mol. The standard InChI is InChI=1S/C58H82N18O9S2/c1-32-47(74-52(76-50(32)62)41(27-45(61)78)69-29-38(60)51(63)80)57(85)72-42(26-36-28-68-39-16-8-7-15-37(36)39)55(83)71-40(25-35-13-5-4-6-14-35)49(79)33(2)53(81)75-48(34(3)77)56(84)67-24-17-46-70-44(31-86-46)58-73-43(30-87-58)54(82)66-23-12-22-65-20-10-9-19-64-21-11-18-59/h4-8,13-16,28,30-31,33-34,38,40-42,48-49,64-65,68-69,77,79H,9-12,17-27,29,59-60H2,1-3H3,(H2,61,78)(H2,63,80)(H,66,82)(H,67,84)(H,71,83)(H,72,85)(H,75,81)(H2,62,74,76)/t33-,34+,38-,40+,41-,42-,48-,49-/m0/s1. The van der Waals surface area contributed by atoms with E-state index in [0.717, 1.165) is 62.8 Å². The van der Waals surface area contributed by atoms with Crippen LogP contribution >= 0.6 is 22.7 Å². The van der Waals surface area contributed by atoms with Gasteiger partial charge in [0.05, 0.1) is 41.3 Å². The Balaban J connectivity index is 1.09. The number of nitrogens with one attached hydrogen (secondary N) is 9. The molecule has 0 aliphatic rings. The third-order valence-electron chi connectivity index (χ3n) is 14.3. The highest BCUT2D eigenvalue weighted by atomic mass is 32.1. The number of thiazole rings is 2. The second-order valence-corrected chi connectivity index (χ2v) is 22.9. The molecule has 8 atom stereocenters. The van der Waals surface area contributed by atoms with Gasteiger partial charge in [-0.25, -0.2) is 19.9 Å². The van der Waals surface area contributed by atoms with E-state index in [2.05, 4.69) is 67.5 Å². The van der Waals surface area contributed by atoms with Gasteiger partial charge in [-0.15, -0.1) is 22.7 Å². The molecule has 0 fully saturated rings. The topological polar surface area (TPSA) is 454 Å². The number of rotatable bonds is 38. The molecule has 6 rings (SSSR count). The van der Waals surface area contributed by atoms with Crippen molar-refractivity contribution in [2.45, 2.75) is 115 Å². The van der Waals surface area contributed by atoms with Gasteiger partial charge in [0.1, 0.15) is 45.8 Å². The van der Waals surface area contributed by atoms with E-state index in [1.165, 1.54) is 43.4 Å². The summed E-state index contributed by atoms with van der Waals surface area (Å²) in [4.78, 5) is 115. The Kier molecular flexibility index (Phi) is 27.0. The van der Waals surface area contributed by atoms with Crippen LogP contribution in [0.3, 0.4) is 0 Å². The second kappa shape index (κ2) is 34.5. The van der Waals surface area contributed by atoms with Crippen molar-refractivity contribution in [3.05, 3.63) is 110 Å². The average Bonchev–Trinajstić information content (AvgIpc) is 2.44. The summed E-state index contributed by atoms with van der Waals surface area (Å²) < 4.78 is 0. The van der Waals surface area contributed by atoms with E-state index in [1.54, 1.807) is 41.9 Å². The summed E-state index contributed by atoms with van der Waals surface area (Å²) in [6.45, 7) is 8.90. The van der Waals surface area contributed by atoms with E-state index in [9.17, 15) is 43.8 Å². The normalized spacial score (nSPS) is 14.2. The van der Waals surface area contributed by atoms with Crippen LogP contribution in [0.15, 0.2) is 71.6 Å². The van der Waals surface area contributed by atoms with Gasteiger partial charge in [0.25, 0.3) is 11.8 Å². The van der Waals surface area contributed by atoms with Crippen LogP contribution in [0.2, 0.25) is 0 Å². The second-order valence-electron chi connectivity index (χ2n) is 21.1. The Morgan fingerprint density at radius 3 is 2.13 bits per heavy atom. The van der Waals surface area contributed by atoms with Crippen molar-refractivity contribution in [3.8, 4) is 10.7 Å². The lowest BCUT2D eigenvalue weighted by Gasteiger charge is -2.31. The number of aromatic amines is 1. The Morgan fingerprint density at radius 1 is 0.724 bits per heavy atom. The maximum absolute atomic E-state index is 14.9. The Morgan fingerprint density at radius 2 is 1.43 bits per heavy atom. The number of unbranched alkanes of at least 4 members (excludes halogenated alkanes) is 1. The van der Waals surface area contributed by atoms with E-state index < -0.39 is 83.8 Å². The van der Waals surface area contributed by atoms with Gasteiger partial charge in [0.15, 0.2) is 0 Å². The number of para-hydroxylation sites is 1. The van der Waals surface area contributed by atoms with Crippen LogP contribution in [0.5, 0.6) is 0 Å². The molecule has 0 saturated heterocycles. The molecule has 21 N–H and O–H groups in total. The number of amides is 7. The highest BCUT2D eigenvalue weighted by Crippen LogP contribution is 2.27. The van der Waals surface area contributed by atoms with Gasteiger partial charge in [0.2, 0.25) is 29.5 Å². The zero-order valence-electron chi connectivity index (χ0n) is 49.1. The molecule has 0 saturated carbocycles. The maximum atomic E-state index is 14.9. The number of nitrogen functional groups attached to an aromatic ring is 1. The summed E-state index contributed by atoms with van der Waals surface area (Å²) in [5.41, 5.74) is 31.3. The third kappa shape index (κ3) is 20.9. The summed E-state index contributed by atoms with van der Waals surface area (Å²) in [6.07, 6.45) is 2.41. The quantitative estimate of drug-likeness (QED) is 0.0217. The van der Waals surface area contributed by atoms with Gasteiger partial charge in [-0.2, -0.15) is 0 Å². The zero-order valence-corrected chi connectivity index (χ0v) is 50.7. The van der Waals surface area contributed by atoms with Crippen LogP contribution in [0.1, 0.15) is 100 Å². The number of H-pyrrole nitrogens is 1. The first kappa shape index (κ1) is 68.2. The molecule has 0 aliphatic heterocycles. The van der Waals surface area contributed by atoms with Crippen LogP contribution in [0, 0.1) is 12.8 Å². The highest BCUT2D eigenvalue weighted by molar-refractivity contribution is 7.14. The fraction of sp³-hybridized carbons (Fsp3) is 0.466. The minimum absolute atomic E-state index is 0.00384. The molecule has 7 amide bonds. The molecular formula is C58H82N18O9S2. The van der Waals surface area contributed by atoms with Crippen LogP contribution in [0.4, 0.5) is 5.82 Å². The van der Waals surface area contributed by atoms with Gasteiger partial charge in [0, 0.05) is 72.3 Å². The predicted octanol–water partition coefficient (Wildman–Crippen LogP) is -0.535. The van der Waals surface area contributed by atoms with Gasteiger partial charge in [-0.3, -0.25) is 33.6 Å². The lowest BCUT2D eigenvalue weighted by molar-refractivity contribution is -0.136. The molecule has 0 bridgehead atoms. The molecule has 87 heavy (non-hydrogen) atoms. The number of hydrogen-bond acceptors (Lipinski definition) is 21. The van der Waals surface area contributed by atoms with Crippen LogP contribution < -0.4 is 71.2 Å². The van der Waals surface area contributed by atoms with E-state index in [1.807, 2.05) is 29.6 Å². The van der Waals surface area contributed by atoms with Crippen molar-refractivity contribution in [2.75, 3.05) is 58.1 Å². The summed E-state index contributed by atoms with van der Waals surface area (Å²) >= 11 is 2.63. The molecule has 0 radical (unpaired) electrons. The number of nitrogens with zero attached hydrogens (tertiary/aromatic N) is 4. The number of hydrogen-bond donors (Lipinski definition) is 16. The Hall–Kier alpha value is -7.87. The minimum atomic E-state index is -1.62. The van der Waals surface area contributed by atoms with Crippen molar-refractivity contribution in [1.82, 2.24) is 67.5 Å². The number of fused-ring (bicyclic) bond motifs is 1. The molecule has 0 spiro atoms. The number of benzene rings is 2. The highest BCUT2D eigenvalue weighted by Gasteiger charge is 2.36. The Bertz CT molecular complexity index is 3230. The van der Waals surface area contributed by atoms with Gasteiger partial charge < -0.3 is 86.4 Å². The van der Waals surface area contributed by atoms with Crippen LogP contribution in [-0.2, 0) is 43.2 Å². The third-order valence-corrected chi connectivity index (χ3v) is 16.1. The van der Waals surface area contributed by atoms with E-state index in [0.29, 0.717) is 46.3 Å². The fourth-order valence-electron chi connectivity index (χ4n) is 9.22. The first-order valence-electron chi connectivity index (χ1n) is 28.9. The van der Waals surface area contributed by atoms with Crippen LogP contribution in [-0.4, -0.2) is 165 Å². The maximum Gasteiger partial charge on any atom is 0.271 e. The summed E-state index contributed by atoms with van der Waals surface area (Å²) in [7, 11) is 0. The minimum Gasteiger partial charge on any atom is -0.391 e. The lowest BCUT2D eigenvalue weighted by Crippen LogP contribution is -2.58. The SMILES string of the molecule is Cc1c(N)nc([C@H](CC(N)=O)NC[C@H](N)C(N)=O)nc1C(=O)N[C@@H](Cc1c[nH]c2ccccc12)C(=O)N[C@H](Cc1ccccc1)[C@@H](O)[C@H](C)C(=O)N[C@H](C(=O)NCCc1nc(-c2nc(C(=O)NCCCNCCCCNCCCN)cs2)cs1)[C@@H](C)O. The number of nitrogens with two attached hydrogens (primary N) is 5. The number of carbonyl (C=O) groups is 7. The molecule has 4 heterocycles. The molecule has 27 nitrogen and oxygen atoms in total.